The first-order valence-electron chi connectivity index (χ1n) is 7.23. The molecule has 136 valence electrons. The zero-order valence-corrected chi connectivity index (χ0v) is 14.6. The van der Waals surface area contributed by atoms with Crippen LogP contribution < -0.4 is 9.47 Å². The topological polar surface area (TPSA) is 105 Å². The van der Waals surface area contributed by atoms with Crippen molar-refractivity contribution in [1.82, 2.24) is 0 Å². The third-order valence-electron chi connectivity index (χ3n) is 3.42. The number of nitro groups is 1. The van der Waals surface area contributed by atoms with Crippen molar-refractivity contribution in [3.05, 3.63) is 62.7 Å². The van der Waals surface area contributed by atoms with Crippen LogP contribution in [0, 0.1) is 10.1 Å². The molecular weight excluding hydrogens is 366 g/mol. The predicted molar refractivity (Wildman–Crippen MR) is 92.3 cm³/mol. The molecule has 0 atom stereocenters. The van der Waals surface area contributed by atoms with Gasteiger partial charge >= 0.3 is 5.97 Å². The van der Waals surface area contributed by atoms with Crippen LogP contribution in [0.25, 0.3) is 0 Å². The summed E-state index contributed by atoms with van der Waals surface area (Å²) < 4.78 is 15.1. The molecule has 0 spiro atoms. The van der Waals surface area contributed by atoms with Gasteiger partial charge in [0.05, 0.1) is 24.7 Å². The molecule has 0 fully saturated rings. The van der Waals surface area contributed by atoms with Gasteiger partial charge in [0, 0.05) is 11.6 Å². The molecular formula is C17H14ClNO7. The van der Waals surface area contributed by atoms with Crippen molar-refractivity contribution in [1.29, 1.82) is 0 Å². The number of halogens is 1. The second kappa shape index (κ2) is 8.30. The smallest absolute Gasteiger partial charge is 0.338 e. The Morgan fingerprint density at radius 1 is 1.04 bits per heavy atom. The van der Waals surface area contributed by atoms with Crippen LogP contribution in [0.5, 0.6) is 11.5 Å². The highest BCUT2D eigenvalue weighted by molar-refractivity contribution is 6.32. The number of rotatable bonds is 7. The molecule has 0 aliphatic heterocycles. The molecule has 0 bridgehead atoms. The molecule has 9 heteroatoms. The van der Waals surface area contributed by atoms with E-state index >= 15 is 0 Å². The average Bonchev–Trinajstić information content (AvgIpc) is 2.65. The summed E-state index contributed by atoms with van der Waals surface area (Å²) in [6.45, 7) is -0.537. The first-order valence-corrected chi connectivity index (χ1v) is 7.61. The number of carbonyl (C=O) groups excluding carboxylic acids is 2. The molecule has 8 nitrogen and oxygen atoms in total. The van der Waals surface area contributed by atoms with E-state index in [1.54, 1.807) is 6.07 Å². The molecule has 0 amide bonds. The van der Waals surface area contributed by atoms with Crippen molar-refractivity contribution in [3.63, 3.8) is 0 Å². The van der Waals surface area contributed by atoms with Crippen LogP contribution in [0.3, 0.4) is 0 Å². The molecule has 26 heavy (non-hydrogen) atoms. The van der Waals surface area contributed by atoms with Crippen molar-refractivity contribution in [2.75, 3.05) is 20.8 Å². The number of ether oxygens (including phenoxy) is 3. The van der Waals surface area contributed by atoms with E-state index in [1.165, 1.54) is 38.5 Å². The molecule has 0 radical (unpaired) electrons. The number of nitrogens with zero attached hydrogens (tertiary/aromatic N) is 1. The number of benzene rings is 2. The number of Topliss-reactive ketones (excluding diaryl/α,β-unsaturated/α-hetero) is 1. The van der Waals surface area contributed by atoms with E-state index in [4.69, 9.17) is 25.8 Å². The van der Waals surface area contributed by atoms with Crippen LogP contribution in [0.15, 0.2) is 36.4 Å². The van der Waals surface area contributed by atoms with Crippen molar-refractivity contribution in [2.24, 2.45) is 0 Å². The van der Waals surface area contributed by atoms with Crippen molar-refractivity contribution in [2.45, 2.75) is 0 Å². The van der Waals surface area contributed by atoms with E-state index in [-0.39, 0.29) is 16.1 Å². The fourth-order valence-electron chi connectivity index (χ4n) is 2.09. The van der Waals surface area contributed by atoms with Crippen LogP contribution in [0.4, 0.5) is 5.69 Å². The lowest BCUT2D eigenvalue weighted by atomic mass is 10.1. The van der Waals surface area contributed by atoms with Crippen LogP contribution in [0.2, 0.25) is 5.02 Å². The Kier molecular flexibility index (Phi) is 6.13. The number of esters is 1. The van der Waals surface area contributed by atoms with Crippen molar-refractivity contribution >= 4 is 29.0 Å². The van der Waals surface area contributed by atoms with E-state index in [0.717, 1.165) is 6.07 Å². The van der Waals surface area contributed by atoms with Crippen LogP contribution in [0.1, 0.15) is 20.7 Å². The largest absolute Gasteiger partial charge is 0.493 e. The Labute approximate surface area is 153 Å². The van der Waals surface area contributed by atoms with Gasteiger partial charge in [0.15, 0.2) is 23.9 Å². The number of nitro benzene ring substituents is 1. The molecule has 0 aliphatic rings. The fourth-order valence-corrected chi connectivity index (χ4v) is 2.27. The maximum atomic E-state index is 12.2. The Balaban J connectivity index is 2.09. The minimum Gasteiger partial charge on any atom is -0.493 e. The predicted octanol–water partition coefficient (Wildman–Crippen LogP) is 3.31. The number of ketones is 1. The zero-order chi connectivity index (χ0) is 19.3. The highest BCUT2D eigenvalue weighted by atomic mass is 35.5. The van der Waals surface area contributed by atoms with Crippen molar-refractivity contribution < 1.29 is 28.7 Å². The lowest BCUT2D eigenvalue weighted by molar-refractivity contribution is -0.384. The van der Waals surface area contributed by atoms with Gasteiger partial charge in [-0.25, -0.2) is 4.79 Å². The summed E-state index contributed by atoms with van der Waals surface area (Å²) in [5.41, 5.74) is -0.244. The minimum atomic E-state index is -0.876. The summed E-state index contributed by atoms with van der Waals surface area (Å²) >= 11 is 5.69. The summed E-state index contributed by atoms with van der Waals surface area (Å²) in [5, 5.41) is 10.7. The van der Waals surface area contributed by atoms with E-state index in [1.807, 2.05) is 0 Å². The van der Waals surface area contributed by atoms with Crippen molar-refractivity contribution in [3.8, 4) is 11.5 Å². The molecule has 0 aromatic heterocycles. The van der Waals surface area contributed by atoms with Gasteiger partial charge in [-0.15, -0.1) is 0 Å². The Bertz CT molecular complexity index is 866. The van der Waals surface area contributed by atoms with Gasteiger partial charge in [0.2, 0.25) is 0 Å². The van der Waals surface area contributed by atoms with Gasteiger partial charge in [-0.1, -0.05) is 11.6 Å². The van der Waals surface area contributed by atoms with Gasteiger partial charge in [0.25, 0.3) is 5.69 Å². The van der Waals surface area contributed by atoms with Crippen LogP contribution >= 0.6 is 11.6 Å². The maximum absolute atomic E-state index is 12.2. The lowest BCUT2D eigenvalue weighted by Gasteiger charge is -2.09. The third-order valence-corrected chi connectivity index (χ3v) is 3.74. The highest BCUT2D eigenvalue weighted by Crippen LogP contribution is 2.28. The lowest BCUT2D eigenvalue weighted by Crippen LogP contribution is -2.14. The molecule has 0 heterocycles. The second-order valence-corrected chi connectivity index (χ2v) is 5.40. The molecule has 2 aromatic carbocycles. The summed E-state index contributed by atoms with van der Waals surface area (Å²) in [5.74, 6) is -0.533. The average molecular weight is 380 g/mol. The van der Waals surface area contributed by atoms with Crippen LogP contribution in [-0.2, 0) is 4.74 Å². The second-order valence-electron chi connectivity index (χ2n) is 4.99. The minimum absolute atomic E-state index is 0.0822. The van der Waals surface area contributed by atoms with E-state index in [2.05, 4.69) is 0 Å². The van der Waals surface area contributed by atoms with Crippen LogP contribution in [-0.4, -0.2) is 37.5 Å². The Hall–Kier alpha value is -3.13. The first-order chi connectivity index (χ1) is 12.4. The number of hydrogen-bond donors (Lipinski definition) is 0. The number of carbonyl (C=O) groups is 2. The molecule has 0 aliphatic carbocycles. The zero-order valence-electron chi connectivity index (χ0n) is 13.9. The molecule has 0 saturated carbocycles. The molecule has 2 rings (SSSR count). The summed E-state index contributed by atoms with van der Waals surface area (Å²) in [6.07, 6.45) is 0. The maximum Gasteiger partial charge on any atom is 0.338 e. The Morgan fingerprint density at radius 3 is 2.31 bits per heavy atom. The Morgan fingerprint density at radius 2 is 1.69 bits per heavy atom. The summed E-state index contributed by atoms with van der Waals surface area (Å²) in [7, 11) is 2.89. The quantitative estimate of drug-likeness (QED) is 0.314. The van der Waals surface area contributed by atoms with Gasteiger partial charge < -0.3 is 14.2 Å². The first kappa shape index (κ1) is 19.2. The molecule has 0 unspecified atom stereocenters. The molecule has 0 saturated heterocycles. The normalized spacial score (nSPS) is 10.1. The fraction of sp³-hybridized carbons (Fsp3) is 0.176. The summed E-state index contributed by atoms with van der Waals surface area (Å²) in [4.78, 5) is 34.3. The SMILES string of the molecule is COc1ccc(C(=O)COC(=O)c2ccc(Cl)c([N+](=O)[O-])c2)cc1OC. The molecule has 2 aromatic rings. The van der Waals surface area contributed by atoms with E-state index < -0.39 is 29.0 Å². The van der Waals surface area contributed by atoms with Gasteiger partial charge in [-0.2, -0.15) is 0 Å². The standard InChI is InChI=1S/C17H14ClNO7/c1-24-15-6-4-10(8-16(15)25-2)14(20)9-26-17(21)11-3-5-12(18)13(7-11)19(22)23/h3-8H,9H2,1-2H3. The van der Waals surface area contributed by atoms with Gasteiger partial charge in [-0.05, 0) is 30.3 Å². The number of methoxy groups -OCH3 is 2. The number of hydrogen-bond acceptors (Lipinski definition) is 7. The summed E-state index contributed by atoms with van der Waals surface area (Å²) in [6, 6.07) is 8.00. The highest BCUT2D eigenvalue weighted by Gasteiger charge is 2.18. The van der Waals surface area contributed by atoms with Gasteiger partial charge in [0.1, 0.15) is 5.02 Å². The van der Waals surface area contributed by atoms with E-state index in [9.17, 15) is 19.7 Å². The monoisotopic (exact) mass is 379 g/mol. The van der Waals surface area contributed by atoms with E-state index in [0.29, 0.717) is 11.5 Å². The third kappa shape index (κ3) is 4.28. The van der Waals surface area contributed by atoms with Gasteiger partial charge in [-0.3, -0.25) is 14.9 Å². The molecule has 0 N–H and O–H groups in total.